The molecule has 0 saturated heterocycles. The van der Waals surface area contributed by atoms with E-state index in [4.69, 9.17) is 9.47 Å². The van der Waals surface area contributed by atoms with Crippen LogP contribution < -0.4 is 0 Å². The lowest BCUT2D eigenvalue weighted by Gasteiger charge is -2.01. The second-order valence-corrected chi connectivity index (χ2v) is 6.29. The SMILES string of the molecule is COCCCCC[SiH2]CCCCCOC. The minimum Gasteiger partial charge on any atom is -0.385 e. The Labute approximate surface area is 97.6 Å². The lowest BCUT2D eigenvalue weighted by atomic mass is 10.3. The molecule has 0 fully saturated rings. The fourth-order valence-electron chi connectivity index (χ4n) is 1.73. The van der Waals surface area contributed by atoms with Gasteiger partial charge in [0.2, 0.25) is 0 Å². The maximum Gasteiger partial charge on any atom is 0.0462 e. The van der Waals surface area contributed by atoms with Gasteiger partial charge in [0.25, 0.3) is 0 Å². The molecule has 0 heterocycles. The zero-order chi connectivity index (χ0) is 11.2. The Balaban J connectivity index is 2.81. The average molecular weight is 232 g/mol. The minimum atomic E-state index is 0.261. The first-order valence-electron chi connectivity index (χ1n) is 6.39. The Kier molecular flexibility index (Phi) is 14.3. The molecule has 0 aromatic carbocycles. The van der Waals surface area contributed by atoms with Crippen LogP contribution in [0.15, 0.2) is 0 Å². The summed E-state index contributed by atoms with van der Waals surface area (Å²) in [4.78, 5) is 0. The molecule has 3 heteroatoms. The first-order chi connectivity index (χ1) is 7.41. The number of hydrogen-bond acceptors (Lipinski definition) is 2. The van der Waals surface area contributed by atoms with Crippen molar-refractivity contribution in [2.24, 2.45) is 0 Å². The van der Waals surface area contributed by atoms with Crippen LogP contribution in [0.1, 0.15) is 38.5 Å². The quantitative estimate of drug-likeness (QED) is 0.380. The minimum absolute atomic E-state index is 0.261. The molecule has 0 aromatic heterocycles. The predicted octanol–water partition coefficient (Wildman–Crippen LogP) is 2.63. The third-order valence-corrected chi connectivity index (χ3v) is 4.70. The van der Waals surface area contributed by atoms with Crippen molar-refractivity contribution in [3.63, 3.8) is 0 Å². The molecule has 0 amide bonds. The van der Waals surface area contributed by atoms with Crippen LogP contribution in [-0.4, -0.2) is 37.0 Å². The molecule has 0 spiro atoms. The summed E-state index contributed by atoms with van der Waals surface area (Å²) in [5.41, 5.74) is 0. The molecule has 2 nitrogen and oxygen atoms in total. The molecular formula is C12H28O2Si. The van der Waals surface area contributed by atoms with Crippen LogP contribution in [0.5, 0.6) is 0 Å². The van der Waals surface area contributed by atoms with E-state index in [1.165, 1.54) is 50.6 Å². The second kappa shape index (κ2) is 14.1. The molecule has 0 aliphatic heterocycles. The van der Waals surface area contributed by atoms with E-state index in [9.17, 15) is 0 Å². The van der Waals surface area contributed by atoms with Crippen LogP contribution in [0, 0.1) is 0 Å². The lowest BCUT2D eigenvalue weighted by molar-refractivity contribution is 0.192. The van der Waals surface area contributed by atoms with E-state index < -0.39 is 0 Å². The maximum absolute atomic E-state index is 5.02. The van der Waals surface area contributed by atoms with Crippen molar-refractivity contribution in [2.45, 2.75) is 50.6 Å². The molecule has 0 N–H and O–H groups in total. The molecule has 0 rings (SSSR count). The Hall–Kier alpha value is 0.137. The monoisotopic (exact) mass is 232 g/mol. The van der Waals surface area contributed by atoms with Crippen molar-refractivity contribution in [2.75, 3.05) is 27.4 Å². The van der Waals surface area contributed by atoms with Crippen molar-refractivity contribution < 1.29 is 9.47 Å². The summed E-state index contributed by atoms with van der Waals surface area (Å²) in [5.74, 6) is 0. The van der Waals surface area contributed by atoms with Crippen molar-refractivity contribution in [1.82, 2.24) is 0 Å². The predicted molar refractivity (Wildman–Crippen MR) is 69.6 cm³/mol. The maximum atomic E-state index is 5.02. The summed E-state index contributed by atoms with van der Waals surface area (Å²) in [7, 11) is 3.83. The third kappa shape index (κ3) is 14.1. The number of rotatable bonds is 12. The van der Waals surface area contributed by atoms with Gasteiger partial charge in [0.15, 0.2) is 0 Å². The molecule has 0 atom stereocenters. The van der Waals surface area contributed by atoms with Gasteiger partial charge in [-0.1, -0.05) is 37.8 Å². The van der Waals surface area contributed by atoms with Crippen LogP contribution in [0.25, 0.3) is 0 Å². The normalized spacial score (nSPS) is 10.8. The van der Waals surface area contributed by atoms with E-state index in [0.717, 1.165) is 13.2 Å². The van der Waals surface area contributed by atoms with Gasteiger partial charge in [0, 0.05) is 37.0 Å². The fourth-order valence-corrected chi connectivity index (χ4v) is 3.50. The molecule has 0 aliphatic carbocycles. The number of methoxy groups -OCH3 is 2. The van der Waals surface area contributed by atoms with Gasteiger partial charge in [-0.15, -0.1) is 0 Å². The molecule has 0 saturated carbocycles. The molecule has 0 radical (unpaired) electrons. The summed E-state index contributed by atoms with van der Waals surface area (Å²) in [6, 6.07) is 3.07. The molecule has 0 unspecified atom stereocenters. The molecular weight excluding hydrogens is 204 g/mol. The van der Waals surface area contributed by atoms with Crippen LogP contribution >= 0.6 is 0 Å². The molecule has 15 heavy (non-hydrogen) atoms. The highest BCUT2D eigenvalue weighted by atomic mass is 28.2. The van der Waals surface area contributed by atoms with Crippen LogP contribution in [0.4, 0.5) is 0 Å². The smallest absolute Gasteiger partial charge is 0.0462 e. The second-order valence-electron chi connectivity index (χ2n) is 4.17. The van der Waals surface area contributed by atoms with Crippen LogP contribution in [0.3, 0.4) is 0 Å². The van der Waals surface area contributed by atoms with Crippen molar-refractivity contribution in [1.29, 1.82) is 0 Å². The van der Waals surface area contributed by atoms with Gasteiger partial charge >= 0.3 is 0 Å². The van der Waals surface area contributed by atoms with Crippen LogP contribution in [-0.2, 0) is 9.47 Å². The Morgan fingerprint density at radius 2 is 1.13 bits per heavy atom. The topological polar surface area (TPSA) is 18.5 Å². The standard InChI is InChI=1S/C12H28O2Si/c1-13-9-5-3-7-11-15-12-8-4-6-10-14-2/h3-12,15H2,1-2H3. The van der Waals surface area contributed by atoms with Gasteiger partial charge in [-0.25, -0.2) is 0 Å². The summed E-state index contributed by atoms with van der Waals surface area (Å²) in [6.45, 7) is 1.89. The molecule has 92 valence electrons. The molecule has 0 bridgehead atoms. The van der Waals surface area contributed by atoms with Gasteiger partial charge < -0.3 is 9.47 Å². The number of ether oxygens (including phenoxy) is 2. The first kappa shape index (κ1) is 15.1. The highest BCUT2D eigenvalue weighted by Gasteiger charge is 1.93. The van der Waals surface area contributed by atoms with Crippen molar-refractivity contribution in [3.05, 3.63) is 0 Å². The van der Waals surface area contributed by atoms with Crippen LogP contribution in [0.2, 0.25) is 12.1 Å². The number of unbranched alkanes of at least 4 members (excludes halogenated alkanes) is 4. The van der Waals surface area contributed by atoms with Crippen molar-refractivity contribution >= 4 is 9.52 Å². The van der Waals surface area contributed by atoms with Gasteiger partial charge in [0.1, 0.15) is 0 Å². The summed E-state index contributed by atoms with van der Waals surface area (Å²) < 4.78 is 10.0. The van der Waals surface area contributed by atoms with E-state index in [1.54, 1.807) is 14.2 Å². The highest BCUT2D eigenvalue weighted by molar-refractivity contribution is 6.35. The summed E-state index contributed by atoms with van der Waals surface area (Å²) in [6.07, 6.45) is 8.10. The lowest BCUT2D eigenvalue weighted by Crippen LogP contribution is -1.93. The third-order valence-electron chi connectivity index (χ3n) is 2.70. The fraction of sp³-hybridized carbons (Fsp3) is 1.00. The van der Waals surface area contributed by atoms with Gasteiger partial charge in [0.05, 0.1) is 0 Å². The van der Waals surface area contributed by atoms with E-state index in [0.29, 0.717) is 0 Å². The van der Waals surface area contributed by atoms with E-state index in [-0.39, 0.29) is 9.52 Å². The van der Waals surface area contributed by atoms with Gasteiger partial charge in [-0.05, 0) is 12.8 Å². The largest absolute Gasteiger partial charge is 0.385 e. The first-order valence-corrected chi connectivity index (χ1v) is 8.39. The summed E-state index contributed by atoms with van der Waals surface area (Å²) >= 11 is 0. The zero-order valence-corrected chi connectivity index (χ0v) is 12.0. The summed E-state index contributed by atoms with van der Waals surface area (Å²) in [5, 5.41) is 0. The van der Waals surface area contributed by atoms with E-state index in [2.05, 4.69) is 0 Å². The number of hydrogen-bond donors (Lipinski definition) is 0. The Morgan fingerprint density at radius 3 is 1.53 bits per heavy atom. The molecule has 0 aliphatic rings. The Bertz CT molecular complexity index is 97.8. The zero-order valence-electron chi connectivity index (χ0n) is 10.6. The highest BCUT2D eigenvalue weighted by Crippen LogP contribution is 2.05. The van der Waals surface area contributed by atoms with Gasteiger partial charge in [-0.2, -0.15) is 0 Å². The molecule has 0 aromatic rings. The Morgan fingerprint density at radius 1 is 0.667 bits per heavy atom. The van der Waals surface area contributed by atoms with Crippen molar-refractivity contribution in [3.8, 4) is 0 Å². The van der Waals surface area contributed by atoms with E-state index >= 15 is 0 Å². The van der Waals surface area contributed by atoms with Gasteiger partial charge in [-0.3, -0.25) is 0 Å². The average Bonchev–Trinajstić information content (AvgIpc) is 2.26. The van der Waals surface area contributed by atoms with E-state index in [1.807, 2.05) is 0 Å².